The highest BCUT2D eigenvalue weighted by molar-refractivity contribution is 5.80. The molecule has 0 aromatic carbocycles. The molecule has 25 heavy (non-hydrogen) atoms. The number of nitrogens with one attached hydrogen (secondary N) is 2. The fourth-order valence-electron chi connectivity index (χ4n) is 2.99. The highest BCUT2D eigenvalue weighted by atomic mass is 15.3. The van der Waals surface area contributed by atoms with Crippen LogP contribution in [0.4, 0.5) is 0 Å². The summed E-state index contributed by atoms with van der Waals surface area (Å²) < 4.78 is 1.93. The van der Waals surface area contributed by atoms with E-state index in [0.717, 1.165) is 37.7 Å². The molecule has 1 heterocycles. The normalized spacial score (nSPS) is 13.4. The van der Waals surface area contributed by atoms with Gasteiger partial charge < -0.3 is 15.5 Å². The topological polar surface area (TPSA) is 57.5 Å². The number of nitrogens with zero attached hydrogens (tertiary/aromatic N) is 4. The SMILES string of the molecule is CCNC(=NCc1c(C)nn(C)c1C)NC(C)CCCN(CC)CC. The average molecular weight is 351 g/mol. The lowest BCUT2D eigenvalue weighted by Crippen LogP contribution is -2.42. The van der Waals surface area contributed by atoms with Crippen LogP contribution in [0.1, 0.15) is 57.5 Å². The molecule has 1 unspecified atom stereocenters. The summed E-state index contributed by atoms with van der Waals surface area (Å²) in [6, 6.07) is 0.407. The molecular weight excluding hydrogens is 312 g/mol. The number of guanidine groups is 1. The number of aryl methyl sites for hydroxylation is 2. The van der Waals surface area contributed by atoms with Crippen LogP contribution in [-0.2, 0) is 13.6 Å². The molecule has 0 radical (unpaired) electrons. The molecule has 1 aromatic heterocycles. The zero-order chi connectivity index (χ0) is 18.8. The van der Waals surface area contributed by atoms with Gasteiger partial charge in [0.2, 0.25) is 0 Å². The minimum Gasteiger partial charge on any atom is -0.357 e. The molecule has 6 nitrogen and oxygen atoms in total. The zero-order valence-electron chi connectivity index (χ0n) is 17.3. The van der Waals surface area contributed by atoms with Crippen molar-refractivity contribution in [3.8, 4) is 0 Å². The fraction of sp³-hybridized carbons (Fsp3) is 0.789. The number of rotatable bonds is 10. The molecular formula is C19H38N6. The van der Waals surface area contributed by atoms with Gasteiger partial charge in [-0.3, -0.25) is 4.68 Å². The van der Waals surface area contributed by atoms with Crippen LogP contribution < -0.4 is 10.6 Å². The minimum atomic E-state index is 0.407. The quantitative estimate of drug-likeness (QED) is 0.503. The molecule has 0 fully saturated rings. The lowest BCUT2D eigenvalue weighted by Gasteiger charge is -2.21. The monoisotopic (exact) mass is 350 g/mol. The molecule has 0 amide bonds. The predicted octanol–water partition coefficient (Wildman–Crippen LogP) is 2.60. The van der Waals surface area contributed by atoms with E-state index in [1.165, 1.54) is 24.2 Å². The average Bonchev–Trinajstić information content (AvgIpc) is 2.82. The maximum atomic E-state index is 4.76. The van der Waals surface area contributed by atoms with E-state index < -0.39 is 0 Å². The van der Waals surface area contributed by atoms with Crippen LogP contribution in [0.25, 0.3) is 0 Å². The van der Waals surface area contributed by atoms with Gasteiger partial charge in [-0.1, -0.05) is 13.8 Å². The van der Waals surface area contributed by atoms with E-state index in [1.54, 1.807) is 0 Å². The van der Waals surface area contributed by atoms with E-state index in [4.69, 9.17) is 4.99 Å². The second-order valence-corrected chi connectivity index (χ2v) is 6.68. The van der Waals surface area contributed by atoms with E-state index in [1.807, 2.05) is 18.7 Å². The minimum absolute atomic E-state index is 0.407. The van der Waals surface area contributed by atoms with Gasteiger partial charge in [0, 0.05) is 30.9 Å². The molecule has 6 heteroatoms. The summed E-state index contributed by atoms with van der Waals surface area (Å²) in [5.74, 6) is 0.889. The van der Waals surface area contributed by atoms with Crippen molar-refractivity contribution in [3.63, 3.8) is 0 Å². The van der Waals surface area contributed by atoms with Gasteiger partial charge in [-0.25, -0.2) is 4.99 Å². The van der Waals surface area contributed by atoms with E-state index >= 15 is 0 Å². The van der Waals surface area contributed by atoms with Gasteiger partial charge in [0.25, 0.3) is 0 Å². The molecule has 144 valence electrons. The van der Waals surface area contributed by atoms with Crippen LogP contribution in [0.15, 0.2) is 4.99 Å². The molecule has 0 aliphatic rings. The maximum absolute atomic E-state index is 4.76. The van der Waals surface area contributed by atoms with E-state index in [9.17, 15) is 0 Å². The van der Waals surface area contributed by atoms with Crippen molar-refractivity contribution in [3.05, 3.63) is 17.0 Å². The van der Waals surface area contributed by atoms with E-state index in [2.05, 4.69) is 55.3 Å². The van der Waals surface area contributed by atoms with Gasteiger partial charge in [0.1, 0.15) is 0 Å². The molecule has 0 aliphatic heterocycles. The smallest absolute Gasteiger partial charge is 0.191 e. The Morgan fingerprint density at radius 2 is 1.92 bits per heavy atom. The molecule has 0 saturated heterocycles. The Morgan fingerprint density at radius 1 is 1.24 bits per heavy atom. The summed E-state index contributed by atoms with van der Waals surface area (Å²) in [5, 5.41) is 11.4. The Kier molecular flexibility index (Phi) is 9.57. The van der Waals surface area contributed by atoms with Gasteiger partial charge in [-0.05, 0) is 60.2 Å². The molecule has 1 rings (SSSR count). The number of aliphatic imine (C=N–C) groups is 1. The van der Waals surface area contributed by atoms with Crippen molar-refractivity contribution in [2.45, 2.75) is 67.0 Å². The van der Waals surface area contributed by atoms with Gasteiger partial charge in [-0.15, -0.1) is 0 Å². The summed E-state index contributed by atoms with van der Waals surface area (Å²) in [5.41, 5.74) is 3.46. The summed E-state index contributed by atoms with van der Waals surface area (Å²) in [4.78, 5) is 7.24. The van der Waals surface area contributed by atoms with Crippen molar-refractivity contribution < 1.29 is 0 Å². The molecule has 2 N–H and O–H groups in total. The standard InChI is InChI=1S/C19H38N6/c1-8-20-19(21-14-18-16(5)23-24(7)17(18)6)22-15(4)12-11-13-25(9-2)10-3/h15H,8-14H2,1-7H3,(H2,20,21,22). The highest BCUT2D eigenvalue weighted by Gasteiger charge is 2.10. The van der Waals surface area contributed by atoms with E-state index in [-0.39, 0.29) is 0 Å². The van der Waals surface area contributed by atoms with Gasteiger partial charge in [0.15, 0.2) is 5.96 Å². The van der Waals surface area contributed by atoms with Crippen LogP contribution >= 0.6 is 0 Å². The third-order valence-electron chi connectivity index (χ3n) is 4.79. The molecule has 1 aromatic rings. The molecule has 0 saturated carbocycles. The Labute approximate surface area is 154 Å². The van der Waals surface area contributed by atoms with Crippen molar-refractivity contribution in [2.24, 2.45) is 12.0 Å². The van der Waals surface area contributed by atoms with Crippen molar-refractivity contribution in [1.29, 1.82) is 0 Å². The second-order valence-electron chi connectivity index (χ2n) is 6.68. The Hall–Kier alpha value is -1.56. The molecule has 0 spiro atoms. The van der Waals surface area contributed by atoms with Crippen LogP contribution in [0.2, 0.25) is 0 Å². The summed E-state index contributed by atoms with van der Waals surface area (Å²) in [6.45, 7) is 17.9. The Bertz CT molecular complexity index is 530. The number of hydrogen-bond donors (Lipinski definition) is 2. The van der Waals surface area contributed by atoms with Crippen molar-refractivity contribution in [2.75, 3.05) is 26.2 Å². The Balaban J connectivity index is 2.57. The maximum Gasteiger partial charge on any atom is 0.191 e. The van der Waals surface area contributed by atoms with Crippen LogP contribution in [0.5, 0.6) is 0 Å². The Morgan fingerprint density at radius 3 is 2.44 bits per heavy atom. The summed E-state index contributed by atoms with van der Waals surface area (Å²) in [6.07, 6.45) is 2.35. The van der Waals surface area contributed by atoms with Gasteiger partial charge in [-0.2, -0.15) is 5.10 Å². The second kappa shape index (κ2) is 11.1. The first kappa shape index (κ1) is 21.5. The first-order valence-corrected chi connectivity index (χ1v) is 9.69. The third kappa shape index (κ3) is 7.06. The van der Waals surface area contributed by atoms with Crippen LogP contribution in [-0.4, -0.2) is 52.9 Å². The molecule has 1 atom stereocenters. The lowest BCUT2D eigenvalue weighted by atomic mass is 10.2. The highest BCUT2D eigenvalue weighted by Crippen LogP contribution is 2.12. The van der Waals surface area contributed by atoms with Gasteiger partial charge >= 0.3 is 0 Å². The van der Waals surface area contributed by atoms with Crippen LogP contribution in [0.3, 0.4) is 0 Å². The number of hydrogen-bond acceptors (Lipinski definition) is 3. The van der Waals surface area contributed by atoms with Crippen LogP contribution in [0, 0.1) is 13.8 Å². The zero-order valence-corrected chi connectivity index (χ0v) is 17.3. The van der Waals surface area contributed by atoms with Crippen molar-refractivity contribution in [1.82, 2.24) is 25.3 Å². The summed E-state index contributed by atoms with van der Waals surface area (Å²) in [7, 11) is 1.98. The fourth-order valence-corrected chi connectivity index (χ4v) is 2.99. The van der Waals surface area contributed by atoms with E-state index in [0.29, 0.717) is 12.6 Å². The molecule has 0 bridgehead atoms. The first-order valence-electron chi connectivity index (χ1n) is 9.69. The third-order valence-corrected chi connectivity index (χ3v) is 4.79. The summed E-state index contributed by atoms with van der Waals surface area (Å²) >= 11 is 0. The largest absolute Gasteiger partial charge is 0.357 e. The lowest BCUT2D eigenvalue weighted by molar-refractivity contribution is 0.292. The molecule has 0 aliphatic carbocycles. The first-order chi connectivity index (χ1) is 11.9. The van der Waals surface area contributed by atoms with Crippen molar-refractivity contribution >= 4 is 5.96 Å². The predicted molar refractivity (Wildman–Crippen MR) is 107 cm³/mol. The number of aromatic nitrogens is 2. The van der Waals surface area contributed by atoms with Gasteiger partial charge in [0.05, 0.1) is 12.2 Å².